The summed E-state index contributed by atoms with van der Waals surface area (Å²) in [7, 11) is 0. The zero-order chi connectivity index (χ0) is 14.3. The highest BCUT2D eigenvalue weighted by Crippen LogP contribution is 2.32. The van der Waals surface area contributed by atoms with Gasteiger partial charge in [0.1, 0.15) is 17.4 Å². The summed E-state index contributed by atoms with van der Waals surface area (Å²) in [6, 6.07) is 4.03. The van der Waals surface area contributed by atoms with Crippen molar-refractivity contribution in [3.05, 3.63) is 23.5 Å². The van der Waals surface area contributed by atoms with Gasteiger partial charge in [0.25, 0.3) is 0 Å². The Balaban J connectivity index is 2.16. The number of fused-ring (bicyclic) bond motifs is 1. The Labute approximate surface area is 116 Å². The van der Waals surface area contributed by atoms with Gasteiger partial charge in [-0.15, -0.1) is 0 Å². The van der Waals surface area contributed by atoms with Crippen molar-refractivity contribution in [2.45, 2.75) is 26.4 Å². The highest BCUT2D eigenvalue weighted by Gasteiger charge is 2.34. The summed E-state index contributed by atoms with van der Waals surface area (Å²) >= 11 is 0. The molecule has 3 rings (SSSR count). The summed E-state index contributed by atoms with van der Waals surface area (Å²) in [5.74, 6) is 0.831. The minimum absolute atomic E-state index is 0.248. The average molecular weight is 274 g/mol. The van der Waals surface area contributed by atoms with Gasteiger partial charge in [0.2, 0.25) is 0 Å². The maximum atomic E-state index is 12.1. The lowest BCUT2D eigenvalue weighted by atomic mass is 10.1. The zero-order valence-electron chi connectivity index (χ0n) is 11.6. The predicted octanol–water partition coefficient (Wildman–Crippen LogP) is 1.72. The molecule has 0 radical (unpaired) electrons. The van der Waals surface area contributed by atoms with Gasteiger partial charge in [0.15, 0.2) is 0 Å². The minimum Gasteiger partial charge on any atom is -0.443 e. The fraction of sp³-hybridized carbons (Fsp3) is 0.429. The molecule has 0 aliphatic carbocycles. The lowest BCUT2D eigenvalue weighted by Gasteiger charge is -2.17. The molecule has 1 aliphatic heterocycles. The number of hydrogen-bond donors (Lipinski definition) is 2. The number of nitrogens with one attached hydrogen (secondary N) is 1. The van der Waals surface area contributed by atoms with Crippen LogP contribution in [-0.2, 0) is 11.2 Å². The summed E-state index contributed by atoms with van der Waals surface area (Å²) < 4.78 is 5.26. The number of aryl methyl sites for hydroxylation is 2. The minimum atomic E-state index is -0.344. The molecule has 20 heavy (non-hydrogen) atoms. The molecule has 106 valence electrons. The topological polar surface area (TPSA) is 84.2 Å². The van der Waals surface area contributed by atoms with Gasteiger partial charge in [-0.25, -0.2) is 9.78 Å². The smallest absolute Gasteiger partial charge is 0.414 e. The van der Waals surface area contributed by atoms with E-state index < -0.39 is 0 Å². The Morgan fingerprint density at radius 3 is 3.00 bits per heavy atom. The van der Waals surface area contributed by atoms with E-state index in [0.717, 1.165) is 34.5 Å². The third-order valence-electron chi connectivity index (χ3n) is 3.62. The molecular formula is C14H18N4O2. The monoisotopic (exact) mass is 274 g/mol. The molecule has 6 heteroatoms. The average Bonchev–Trinajstić information content (AvgIpc) is 2.99. The molecule has 1 atom stereocenters. The largest absolute Gasteiger partial charge is 0.443 e. The maximum Gasteiger partial charge on any atom is 0.414 e. The summed E-state index contributed by atoms with van der Waals surface area (Å²) in [4.78, 5) is 21.4. The maximum absolute atomic E-state index is 12.1. The van der Waals surface area contributed by atoms with E-state index in [2.05, 4.69) is 16.9 Å². The fourth-order valence-electron chi connectivity index (χ4n) is 2.64. The third kappa shape index (κ3) is 1.92. The Morgan fingerprint density at radius 1 is 1.55 bits per heavy atom. The number of benzene rings is 1. The van der Waals surface area contributed by atoms with Crippen molar-refractivity contribution in [3.63, 3.8) is 0 Å². The van der Waals surface area contributed by atoms with Gasteiger partial charge in [-0.3, -0.25) is 4.90 Å². The molecule has 1 unspecified atom stereocenters. The molecule has 1 aliphatic rings. The van der Waals surface area contributed by atoms with Gasteiger partial charge in [-0.05, 0) is 25.0 Å². The molecule has 2 aromatic rings. The molecule has 1 aromatic heterocycles. The lowest BCUT2D eigenvalue weighted by Crippen LogP contribution is -2.28. The molecule has 3 N–H and O–H groups in total. The number of ether oxygens (including phenoxy) is 1. The van der Waals surface area contributed by atoms with Crippen molar-refractivity contribution in [1.82, 2.24) is 9.97 Å². The Kier molecular flexibility index (Phi) is 3.10. The number of hydrogen-bond acceptors (Lipinski definition) is 4. The van der Waals surface area contributed by atoms with E-state index in [4.69, 9.17) is 10.5 Å². The van der Waals surface area contributed by atoms with Gasteiger partial charge >= 0.3 is 6.09 Å². The van der Waals surface area contributed by atoms with Gasteiger partial charge < -0.3 is 15.5 Å². The van der Waals surface area contributed by atoms with Crippen LogP contribution in [0.5, 0.6) is 0 Å². The number of H-pyrrole nitrogens is 1. The van der Waals surface area contributed by atoms with Crippen LogP contribution in [0.2, 0.25) is 0 Å². The van der Waals surface area contributed by atoms with E-state index in [1.807, 2.05) is 19.1 Å². The van der Waals surface area contributed by atoms with E-state index in [-0.39, 0.29) is 12.2 Å². The van der Waals surface area contributed by atoms with Crippen LogP contribution in [-0.4, -0.2) is 35.3 Å². The van der Waals surface area contributed by atoms with Gasteiger partial charge in [-0.2, -0.15) is 0 Å². The number of carbonyl (C=O) groups is 1. The summed E-state index contributed by atoms with van der Waals surface area (Å²) in [6.07, 6.45) is 0.236. The number of nitrogens with two attached hydrogens (primary N) is 1. The Bertz CT molecular complexity index is 664. The zero-order valence-corrected chi connectivity index (χ0v) is 11.6. The Morgan fingerprint density at radius 2 is 2.35 bits per heavy atom. The summed E-state index contributed by atoms with van der Waals surface area (Å²) in [5.41, 5.74) is 9.27. The number of anilines is 1. The Hall–Kier alpha value is -2.08. The summed E-state index contributed by atoms with van der Waals surface area (Å²) in [6.45, 7) is 4.78. The molecule has 6 nitrogen and oxygen atoms in total. The number of imidazole rings is 1. The first-order valence-electron chi connectivity index (χ1n) is 6.80. The van der Waals surface area contributed by atoms with Gasteiger partial charge in [0.05, 0.1) is 17.7 Å². The number of amides is 1. The number of nitrogens with zero attached hydrogens (tertiary/aromatic N) is 2. The van der Waals surface area contributed by atoms with Gasteiger partial charge in [-0.1, -0.05) is 13.0 Å². The second-order valence-corrected chi connectivity index (χ2v) is 5.00. The fourth-order valence-corrected chi connectivity index (χ4v) is 2.64. The quantitative estimate of drug-likeness (QED) is 0.892. The number of aromatic nitrogens is 2. The van der Waals surface area contributed by atoms with Crippen LogP contribution in [0.1, 0.15) is 18.3 Å². The molecular weight excluding hydrogens is 256 g/mol. The first-order chi connectivity index (χ1) is 9.63. The molecule has 0 bridgehead atoms. The van der Waals surface area contributed by atoms with Crippen LogP contribution in [0, 0.1) is 6.92 Å². The van der Waals surface area contributed by atoms with E-state index in [1.165, 1.54) is 0 Å². The van der Waals surface area contributed by atoms with E-state index >= 15 is 0 Å². The number of aromatic amines is 1. The predicted molar refractivity (Wildman–Crippen MR) is 76.9 cm³/mol. The van der Waals surface area contributed by atoms with Crippen LogP contribution in [0.3, 0.4) is 0 Å². The molecule has 1 fully saturated rings. The van der Waals surface area contributed by atoms with Crippen LogP contribution in [0.15, 0.2) is 12.1 Å². The molecule has 2 heterocycles. The van der Waals surface area contributed by atoms with Crippen LogP contribution >= 0.6 is 0 Å². The van der Waals surface area contributed by atoms with Crippen LogP contribution in [0.4, 0.5) is 10.5 Å². The molecule has 0 saturated carbocycles. The van der Waals surface area contributed by atoms with Crippen molar-refractivity contribution in [3.8, 4) is 0 Å². The normalized spacial score (nSPS) is 18.9. The van der Waals surface area contributed by atoms with E-state index in [0.29, 0.717) is 13.1 Å². The molecule has 1 saturated heterocycles. The van der Waals surface area contributed by atoms with Gasteiger partial charge in [0, 0.05) is 6.54 Å². The second-order valence-electron chi connectivity index (χ2n) is 5.00. The first kappa shape index (κ1) is 12.9. The van der Waals surface area contributed by atoms with E-state index in [9.17, 15) is 4.79 Å². The third-order valence-corrected chi connectivity index (χ3v) is 3.62. The van der Waals surface area contributed by atoms with Crippen molar-refractivity contribution in [2.75, 3.05) is 18.0 Å². The molecule has 0 spiro atoms. The number of carbonyl (C=O) groups excluding carboxylic acids is 1. The molecule has 1 aromatic carbocycles. The van der Waals surface area contributed by atoms with Crippen molar-refractivity contribution >= 4 is 22.8 Å². The van der Waals surface area contributed by atoms with Crippen molar-refractivity contribution in [2.24, 2.45) is 5.73 Å². The SMILES string of the molecule is CCc1ccc2[nH]c(C)nc2c1N1CC(CN)OC1=O. The van der Waals surface area contributed by atoms with Crippen molar-refractivity contribution in [1.29, 1.82) is 0 Å². The number of rotatable bonds is 3. The highest BCUT2D eigenvalue weighted by molar-refractivity contribution is 6.01. The summed E-state index contributed by atoms with van der Waals surface area (Å²) in [5, 5.41) is 0. The first-order valence-corrected chi connectivity index (χ1v) is 6.80. The van der Waals surface area contributed by atoms with Crippen LogP contribution in [0.25, 0.3) is 11.0 Å². The van der Waals surface area contributed by atoms with Crippen molar-refractivity contribution < 1.29 is 9.53 Å². The van der Waals surface area contributed by atoms with E-state index in [1.54, 1.807) is 4.90 Å². The second kappa shape index (κ2) is 4.79. The molecule has 1 amide bonds. The number of cyclic esters (lactones) is 1. The lowest BCUT2D eigenvalue weighted by molar-refractivity contribution is 0.145. The van der Waals surface area contributed by atoms with Crippen LogP contribution < -0.4 is 10.6 Å². The standard InChI is InChI=1S/C14H18N4O2/c1-3-9-4-5-11-12(17-8(2)16-11)13(9)18-7-10(6-15)20-14(18)19/h4-5,10H,3,6-7,15H2,1-2H3,(H,16,17). The highest BCUT2D eigenvalue weighted by atomic mass is 16.6.